The van der Waals surface area contributed by atoms with Crippen LogP contribution in [0.25, 0.3) is 0 Å². The van der Waals surface area contributed by atoms with E-state index in [1.54, 1.807) is 19.1 Å². The Morgan fingerprint density at radius 2 is 2.22 bits per heavy atom. The second kappa shape index (κ2) is 6.55. The maximum absolute atomic E-state index is 11.6. The third kappa shape index (κ3) is 3.70. The lowest BCUT2D eigenvalue weighted by molar-refractivity contribution is -0.146. The molecule has 1 heterocycles. The molecular formula is C11H15N3O4. The van der Waals surface area contributed by atoms with Gasteiger partial charge in [-0.2, -0.15) is 0 Å². The SMILES string of the molecule is CCOC(=O)C(N)C(=O)Nc1ccc(OC)nc1. The molecule has 1 atom stereocenters. The summed E-state index contributed by atoms with van der Waals surface area (Å²) in [5.74, 6) is -1.00. The van der Waals surface area contributed by atoms with Gasteiger partial charge in [0.05, 0.1) is 25.6 Å². The molecule has 0 saturated carbocycles. The Hall–Kier alpha value is -2.15. The van der Waals surface area contributed by atoms with Crippen molar-refractivity contribution in [3.63, 3.8) is 0 Å². The zero-order valence-corrected chi connectivity index (χ0v) is 10.2. The maximum Gasteiger partial charge on any atom is 0.332 e. The van der Waals surface area contributed by atoms with Crippen LogP contribution in [0.15, 0.2) is 18.3 Å². The van der Waals surface area contributed by atoms with Crippen LogP contribution in [-0.4, -0.2) is 36.6 Å². The monoisotopic (exact) mass is 253 g/mol. The molecule has 0 aliphatic rings. The van der Waals surface area contributed by atoms with E-state index in [2.05, 4.69) is 15.0 Å². The molecule has 0 aliphatic carbocycles. The number of carbonyl (C=O) groups excluding carboxylic acids is 2. The molecule has 0 fully saturated rings. The first-order chi connectivity index (χ1) is 8.58. The van der Waals surface area contributed by atoms with E-state index in [4.69, 9.17) is 10.5 Å². The van der Waals surface area contributed by atoms with Crippen molar-refractivity contribution >= 4 is 17.6 Å². The number of ether oxygens (including phenoxy) is 2. The number of methoxy groups -OCH3 is 1. The van der Waals surface area contributed by atoms with Crippen LogP contribution < -0.4 is 15.8 Å². The highest BCUT2D eigenvalue weighted by atomic mass is 16.5. The molecule has 1 aromatic rings. The van der Waals surface area contributed by atoms with Gasteiger partial charge >= 0.3 is 5.97 Å². The van der Waals surface area contributed by atoms with Crippen molar-refractivity contribution < 1.29 is 19.1 Å². The van der Waals surface area contributed by atoms with E-state index in [1.807, 2.05) is 0 Å². The zero-order chi connectivity index (χ0) is 13.5. The Bertz CT molecular complexity index is 419. The number of hydrogen-bond donors (Lipinski definition) is 2. The molecular weight excluding hydrogens is 238 g/mol. The molecule has 0 aliphatic heterocycles. The molecule has 18 heavy (non-hydrogen) atoms. The number of hydrogen-bond acceptors (Lipinski definition) is 6. The highest BCUT2D eigenvalue weighted by Crippen LogP contribution is 2.11. The van der Waals surface area contributed by atoms with Gasteiger partial charge in [-0.3, -0.25) is 4.79 Å². The summed E-state index contributed by atoms with van der Waals surface area (Å²) in [6.07, 6.45) is 1.40. The van der Waals surface area contributed by atoms with Gasteiger partial charge in [0.2, 0.25) is 5.88 Å². The van der Waals surface area contributed by atoms with E-state index in [1.165, 1.54) is 13.3 Å². The van der Waals surface area contributed by atoms with E-state index in [9.17, 15) is 9.59 Å². The fourth-order valence-corrected chi connectivity index (χ4v) is 1.13. The van der Waals surface area contributed by atoms with Crippen LogP contribution in [0.3, 0.4) is 0 Å². The van der Waals surface area contributed by atoms with Gasteiger partial charge in [0, 0.05) is 6.07 Å². The van der Waals surface area contributed by atoms with Crippen LogP contribution in [0.5, 0.6) is 5.88 Å². The Labute approximate surface area is 104 Å². The smallest absolute Gasteiger partial charge is 0.332 e. The summed E-state index contributed by atoms with van der Waals surface area (Å²) in [5.41, 5.74) is 5.84. The minimum atomic E-state index is -1.35. The van der Waals surface area contributed by atoms with Crippen LogP contribution in [0.2, 0.25) is 0 Å². The molecule has 3 N–H and O–H groups in total. The molecule has 7 heteroatoms. The van der Waals surface area contributed by atoms with Gasteiger partial charge in [0.1, 0.15) is 0 Å². The van der Waals surface area contributed by atoms with Crippen molar-refractivity contribution in [2.24, 2.45) is 5.73 Å². The molecule has 1 unspecified atom stereocenters. The van der Waals surface area contributed by atoms with E-state index in [-0.39, 0.29) is 6.61 Å². The third-order valence-corrected chi connectivity index (χ3v) is 2.04. The Morgan fingerprint density at radius 1 is 1.50 bits per heavy atom. The van der Waals surface area contributed by atoms with Gasteiger partial charge in [-0.25, -0.2) is 9.78 Å². The first-order valence-corrected chi connectivity index (χ1v) is 5.31. The molecule has 1 rings (SSSR count). The minimum Gasteiger partial charge on any atom is -0.481 e. The molecule has 7 nitrogen and oxygen atoms in total. The number of anilines is 1. The third-order valence-electron chi connectivity index (χ3n) is 2.04. The summed E-state index contributed by atoms with van der Waals surface area (Å²) in [7, 11) is 1.48. The van der Waals surface area contributed by atoms with Gasteiger partial charge in [0.15, 0.2) is 6.04 Å². The summed E-state index contributed by atoms with van der Waals surface area (Å²) in [6.45, 7) is 1.81. The van der Waals surface area contributed by atoms with Crippen molar-refractivity contribution in [1.82, 2.24) is 4.98 Å². The predicted molar refractivity (Wildman–Crippen MR) is 64.0 cm³/mol. The highest BCUT2D eigenvalue weighted by Gasteiger charge is 2.23. The van der Waals surface area contributed by atoms with Crippen LogP contribution in [-0.2, 0) is 14.3 Å². The van der Waals surface area contributed by atoms with Crippen LogP contribution >= 0.6 is 0 Å². The fourth-order valence-electron chi connectivity index (χ4n) is 1.13. The van der Waals surface area contributed by atoms with Crippen molar-refractivity contribution in [2.75, 3.05) is 19.0 Å². The summed E-state index contributed by atoms with van der Waals surface area (Å²) < 4.78 is 9.51. The Kier molecular flexibility index (Phi) is 5.06. The molecule has 0 spiro atoms. The number of aromatic nitrogens is 1. The number of nitrogens with zero attached hydrogens (tertiary/aromatic N) is 1. The second-order valence-corrected chi connectivity index (χ2v) is 3.31. The number of nitrogens with two attached hydrogens (primary N) is 1. The van der Waals surface area contributed by atoms with E-state index >= 15 is 0 Å². The topological polar surface area (TPSA) is 104 Å². The summed E-state index contributed by atoms with van der Waals surface area (Å²) in [5, 5.41) is 2.45. The van der Waals surface area contributed by atoms with Gasteiger partial charge in [-0.1, -0.05) is 0 Å². The number of esters is 1. The average Bonchev–Trinajstić information content (AvgIpc) is 2.39. The van der Waals surface area contributed by atoms with Crippen molar-refractivity contribution in [3.8, 4) is 5.88 Å². The maximum atomic E-state index is 11.6. The molecule has 1 aromatic heterocycles. The lowest BCUT2D eigenvalue weighted by Crippen LogP contribution is -2.43. The molecule has 0 saturated heterocycles. The quantitative estimate of drug-likeness (QED) is 0.562. The number of pyridine rings is 1. The van der Waals surface area contributed by atoms with Crippen molar-refractivity contribution in [1.29, 1.82) is 0 Å². The van der Waals surface area contributed by atoms with Crippen LogP contribution in [0.4, 0.5) is 5.69 Å². The first kappa shape index (κ1) is 13.9. The zero-order valence-electron chi connectivity index (χ0n) is 10.2. The van der Waals surface area contributed by atoms with E-state index in [0.717, 1.165) is 0 Å². The highest BCUT2D eigenvalue weighted by molar-refractivity contribution is 6.08. The lowest BCUT2D eigenvalue weighted by Gasteiger charge is -2.11. The minimum absolute atomic E-state index is 0.171. The average molecular weight is 253 g/mol. The molecule has 0 aromatic carbocycles. The largest absolute Gasteiger partial charge is 0.481 e. The second-order valence-electron chi connectivity index (χ2n) is 3.31. The molecule has 1 amide bonds. The van der Waals surface area contributed by atoms with Crippen LogP contribution in [0, 0.1) is 0 Å². The Balaban J connectivity index is 2.60. The molecule has 0 bridgehead atoms. The van der Waals surface area contributed by atoms with Crippen molar-refractivity contribution in [3.05, 3.63) is 18.3 Å². The van der Waals surface area contributed by atoms with E-state index in [0.29, 0.717) is 11.6 Å². The summed E-state index contributed by atoms with van der Waals surface area (Å²) in [4.78, 5) is 26.7. The van der Waals surface area contributed by atoms with E-state index < -0.39 is 17.9 Å². The number of carbonyl (C=O) groups is 2. The van der Waals surface area contributed by atoms with Gasteiger partial charge < -0.3 is 20.5 Å². The predicted octanol–water partition coefficient (Wildman–Crippen LogP) is -0.0809. The molecule has 98 valence electrons. The van der Waals surface area contributed by atoms with Gasteiger partial charge in [0.25, 0.3) is 5.91 Å². The number of nitrogens with one attached hydrogen (secondary N) is 1. The lowest BCUT2D eigenvalue weighted by atomic mass is 10.3. The standard InChI is InChI=1S/C11H15N3O4/c1-3-18-11(16)9(12)10(15)14-7-4-5-8(17-2)13-6-7/h4-6,9H,3,12H2,1-2H3,(H,14,15). The summed E-state index contributed by atoms with van der Waals surface area (Å²) in [6, 6.07) is 1.81. The van der Waals surface area contributed by atoms with Gasteiger partial charge in [-0.15, -0.1) is 0 Å². The number of rotatable bonds is 5. The first-order valence-electron chi connectivity index (χ1n) is 5.31. The molecule has 0 radical (unpaired) electrons. The fraction of sp³-hybridized carbons (Fsp3) is 0.364. The number of amides is 1. The normalized spacial score (nSPS) is 11.5. The summed E-state index contributed by atoms with van der Waals surface area (Å²) >= 11 is 0. The van der Waals surface area contributed by atoms with Crippen molar-refractivity contribution in [2.45, 2.75) is 13.0 Å². The van der Waals surface area contributed by atoms with Gasteiger partial charge in [-0.05, 0) is 13.0 Å². The van der Waals surface area contributed by atoms with Crippen LogP contribution in [0.1, 0.15) is 6.92 Å². The Morgan fingerprint density at radius 3 is 2.72 bits per heavy atom.